The predicted molar refractivity (Wildman–Crippen MR) is 168 cm³/mol. The standard InChI is InChI=1S/C38H37N/c1-7-8-11-17-26(2)39(28-20-14-10-15-21-28)33-24-32-35-29(34(33)27-18-12-9-13-19-27)25-37(3,4)30-22-16-23-31(36(30)35)38(32,5)6/h7-24H,2,25H2,1,3-6H3/b8-7-,17-11-. The summed E-state index contributed by atoms with van der Waals surface area (Å²) in [5.74, 6) is 0. The Hall–Kier alpha value is -4.10. The first-order chi connectivity index (χ1) is 18.8. The largest absolute Gasteiger partial charge is 0.310 e. The first-order valence-electron chi connectivity index (χ1n) is 14.0. The van der Waals surface area contributed by atoms with Crippen molar-refractivity contribution < 1.29 is 0 Å². The Bertz CT molecular complexity index is 1630. The minimum atomic E-state index is -0.0930. The molecule has 0 amide bonds. The second kappa shape index (κ2) is 9.27. The van der Waals surface area contributed by atoms with Gasteiger partial charge in [-0.3, -0.25) is 0 Å². The molecule has 6 rings (SSSR count). The zero-order valence-electron chi connectivity index (χ0n) is 23.8. The van der Waals surface area contributed by atoms with Crippen LogP contribution < -0.4 is 4.90 Å². The van der Waals surface area contributed by atoms with Crippen LogP contribution >= 0.6 is 0 Å². The number of anilines is 2. The van der Waals surface area contributed by atoms with Gasteiger partial charge in [-0.1, -0.05) is 119 Å². The zero-order valence-corrected chi connectivity index (χ0v) is 23.8. The van der Waals surface area contributed by atoms with Crippen molar-refractivity contribution in [1.82, 2.24) is 0 Å². The van der Waals surface area contributed by atoms with E-state index in [4.69, 9.17) is 0 Å². The van der Waals surface area contributed by atoms with Gasteiger partial charge < -0.3 is 4.90 Å². The number of benzene rings is 4. The van der Waals surface area contributed by atoms with E-state index < -0.39 is 0 Å². The lowest BCUT2D eigenvalue weighted by atomic mass is 9.68. The highest BCUT2D eigenvalue weighted by molar-refractivity contribution is 5.98. The second-order valence-corrected chi connectivity index (χ2v) is 12.0. The fraction of sp³-hybridized carbons (Fsp3) is 0.211. The molecule has 0 radical (unpaired) electrons. The van der Waals surface area contributed by atoms with Crippen LogP contribution in [0.2, 0.25) is 0 Å². The molecule has 2 aliphatic rings. The Kier molecular flexibility index (Phi) is 5.99. The quantitative estimate of drug-likeness (QED) is 0.235. The van der Waals surface area contributed by atoms with Crippen LogP contribution in [0.3, 0.4) is 0 Å². The van der Waals surface area contributed by atoms with Crippen LogP contribution in [0, 0.1) is 0 Å². The van der Waals surface area contributed by atoms with Gasteiger partial charge in [0.05, 0.1) is 5.69 Å². The van der Waals surface area contributed by atoms with E-state index in [0.717, 1.165) is 17.8 Å². The molecule has 4 aromatic rings. The Morgan fingerprint density at radius 3 is 2.10 bits per heavy atom. The normalized spacial score (nSPS) is 16.0. The van der Waals surface area contributed by atoms with Gasteiger partial charge in [-0.05, 0) is 82.0 Å². The Labute approximate surface area is 233 Å². The van der Waals surface area contributed by atoms with Crippen LogP contribution in [0.1, 0.15) is 56.9 Å². The van der Waals surface area contributed by atoms with Crippen LogP contribution in [0.25, 0.3) is 22.3 Å². The SMILES string of the molecule is C=C(/C=C\C=C/C)N(c1ccccc1)c1cc2c3c(c1-c1ccccc1)CC(C)(C)c1cccc(c1-3)C2(C)C. The maximum atomic E-state index is 4.59. The van der Waals surface area contributed by atoms with Crippen molar-refractivity contribution in [3.63, 3.8) is 0 Å². The lowest BCUT2D eigenvalue weighted by molar-refractivity contribution is 0.518. The molecule has 39 heavy (non-hydrogen) atoms. The van der Waals surface area contributed by atoms with Gasteiger partial charge in [0.15, 0.2) is 0 Å². The van der Waals surface area contributed by atoms with E-state index in [9.17, 15) is 0 Å². The van der Waals surface area contributed by atoms with Crippen molar-refractivity contribution in [3.8, 4) is 22.3 Å². The van der Waals surface area contributed by atoms with Crippen molar-refractivity contribution >= 4 is 11.4 Å². The molecule has 0 aliphatic heterocycles. The average molecular weight is 508 g/mol. The highest BCUT2D eigenvalue weighted by Crippen LogP contribution is 2.60. The summed E-state index contributed by atoms with van der Waals surface area (Å²) < 4.78 is 0. The number of nitrogens with zero attached hydrogens (tertiary/aromatic N) is 1. The Morgan fingerprint density at radius 2 is 1.41 bits per heavy atom. The van der Waals surface area contributed by atoms with Crippen molar-refractivity contribution in [2.24, 2.45) is 0 Å². The third-order valence-corrected chi connectivity index (χ3v) is 8.62. The first-order valence-corrected chi connectivity index (χ1v) is 14.0. The van der Waals surface area contributed by atoms with E-state index in [1.807, 2.05) is 13.0 Å². The molecule has 0 saturated heterocycles. The van der Waals surface area contributed by atoms with Crippen LogP contribution in [0.15, 0.2) is 122 Å². The Morgan fingerprint density at radius 1 is 0.744 bits per heavy atom. The molecule has 1 heteroatoms. The zero-order chi connectivity index (χ0) is 27.4. The minimum absolute atomic E-state index is 0.0264. The molecule has 0 N–H and O–H groups in total. The summed E-state index contributed by atoms with van der Waals surface area (Å²) in [6.07, 6.45) is 9.28. The topological polar surface area (TPSA) is 3.24 Å². The van der Waals surface area contributed by atoms with Crippen molar-refractivity contribution in [2.75, 3.05) is 4.90 Å². The van der Waals surface area contributed by atoms with E-state index >= 15 is 0 Å². The number of rotatable bonds is 6. The average Bonchev–Trinajstić information content (AvgIpc) is 3.16. The van der Waals surface area contributed by atoms with Gasteiger partial charge in [-0.15, -0.1) is 0 Å². The third kappa shape index (κ3) is 3.91. The molecule has 1 nitrogen and oxygen atoms in total. The second-order valence-electron chi connectivity index (χ2n) is 12.0. The number of hydrogen-bond acceptors (Lipinski definition) is 1. The maximum absolute atomic E-state index is 4.59. The Balaban J connectivity index is 1.74. The van der Waals surface area contributed by atoms with Crippen LogP contribution in [-0.2, 0) is 17.3 Å². The van der Waals surface area contributed by atoms with Gasteiger partial charge in [0.25, 0.3) is 0 Å². The predicted octanol–water partition coefficient (Wildman–Crippen LogP) is 10.3. The van der Waals surface area contributed by atoms with E-state index in [1.165, 1.54) is 50.2 Å². The smallest absolute Gasteiger partial charge is 0.0546 e. The third-order valence-electron chi connectivity index (χ3n) is 8.62. The summed E-state index contributed by atoms with van der Waals surface area (Å²) in [5.41, 5.74) is 14.4. The molecule has 0 heterocycles. The molecule has 0 saturated carbocycles. The van der Waals surface area contributed by atoms with Gasteiger partial charge >= 0.3 is 0 Å². The number of para-hydroxylation sites is 1. The minimum Gasteiger partial charge on any atom is -0.310 e. The van der Waals surface area contributed by atoms with Crippen molar-refractivity contribution in [3.05, 3.63) is 144 Å². The number of hydrogen-bond donors (Lipinski definition) is 0. The van der Waals surface area contributed by atoms with Gasteiger partial charge in [-0.25, -0.2) is 0 Å². The van der Waals surface area contributed by atoms with Crippen LogP contribution in [0.5, 0.6) is 0 Å². The van der Waals surface area contributed by atoms with Gasteiger partial charge in [0.1, 0.15) is 0 Å². The van der Waals surface area contributed by atoms with E-state index in [1.54, 1.807) is 0 Å². The van der Waals surface area contributed by atoms with E-state index in [0.29, 0.717) is 0 Å². The van der Waals surface area contributed by atoms with Gasteiger partial charge in [-0.2, -0.15) is 0 Å². The molecule has 0 aromatic heterocycles. The van der Waals surface area contributed by atoms with E-state index in [-0.39, 0.29) is 10.8 Å². The van der Waals surface area contributed by atoms with E-state index in [2.05, 4.69) is 142 Å². The summed E-state index contributed by atoms with van der Waals surface area (Å²) in [4.78, 5) is 2.35. The molecule has 194 valence electrons. The highest BCUT2D eigenvalue weighted by Gasteiger charge is 2.45. The monoisotopic (exact) mass is 507 g/mol. The van der Waals surface area contributed by atoms with Crippen molar-refractivity contribution in [2.45, 2.75) is 51.9 Å². The summed E-state index contributed by atoms with van der Waals surface area (Å²) in [5, 5.41) is 0. The summed E-state index contributed by atoms with van der Waals surface area (Å²) in [6, 6.07) is 31.0. The lowest BCUT2D eigenvalue weighted by Gasteiger charge is -2.37. The molecule has 0 spiro atoms. The van der Waals surface area contributed by atoms with Gasteiger partial charge in [0, 0.05) is 22.4 Å². The van der Waals surface area contributed by atoms with Gasteiger partial charge in [0.2, 0.25) is 0 Å². The molecule has 4 aromatic carbocycles. The molecule has 0 atom stereocenters. The first kappa shape index (κ1) is 25.2. The molecule has 2 aliphatic carbocycles. The molecule has 0 fully saturated rings. The summed E-state index contributed by atoms with van der Waals surface area (Å²) >= 11 is 0. The summed E-state index contributed by atoms with van der Waals surface area (Å²) in [7, 11) is 0. The van der Waals surface area contributed by atoms with Crippen molar-refractivity contribution in [1.29, 1.82) is 0 Å². The molecular formula is C38H37N. The molecule has 0 unspecified atom stereocenters. The maximum Gasteiger partial charge on any atom is 0.0546 e. The number of allylic oxidation sites excluding steroid dienone is 4. The van der Waals surface area contributed by atoms with Crippen LogP contribution in [0.4, 0.5) is 11.4 Å². The lowest BCUT2D eigenvalue weighted by Crippen LogP contribution is -2.27. The summed E-state index contributed by atoms with van der Waals surface area (Å²) in [6.45, 7) is 16.2. The fourth-order valence-electron chi connectivity index (χ4n) is 6.76. The fourth-order valence-corrected chi connectivity index (χ4v) is 6.76. The highest BCUT2D eigenvalue weighted by atomic mass is 15.1. The van der Waals surface area contributed by atoms with Crippen LogP contribution in [-0.4, -0.2) is 0 Å². The molecular weight excluding hydrogens is 470 g/mol. The molecule has 0 bridgehead atoms.